The highest BCUT2D eigenvalue weighted by atomic mass is 79.9. The van der Waals surface area contributed by atoms with Crippen LogP contribution < -0.4 is 10.5 Å². The molecule has 0 heterocycles. The molecule has 0 atom stereocenters. The Kier molecular flexibility index (Phi) is 5.06. The number of hydrogen-bond donors (Lipinski definition) is 2. The largest absolute Gasteiger partial charge is 0.352 e. The molecule has 1 amide bonds. The van der Waals surface area contributed by atoms with E-state index in [2.05, 4.69) is 21.2 Å². The van der Waals surface area contributed by atoms with Gasteiger partial charge in [0.1, 0.15) is 0 Å². The number of benzene rings is 1. The number of carbonyl (C=O) groups excluding carboxylic acids is 1. The third-order valence-corrected chi connectivity index (χ3v) is 5.81. The van der Waals surface area contributed by atoms with Crippen molar-refractivity contribution in [3.05, 3.63) is 27.7 Å². The Morgan fingerprint density at radius 1 is 1.43 bits per heavy atom. The summed E-state index contributed by atoms with van der Waals surface area (Å²) >= 11 is 3.20. The zero-order chi connectivity index (χ0) is 15.6. The van der Waals surface area contributed by atoms with E-state index in [4.69, 9.17) is 5.14 Å². The normalized spacial score (nSPS) is 15.0. The number of sulfonamides is 1. The number of halogens is 1. The SMILES string of the molecule is Cc1cc(C(=O)NCCCC2CC2)cc(S(N)(=O)=O)c1Br. The standard InChI is InChI=1S/C14H19BrN2O3S/c1-9-7-11(8-12(13(9)15)21(16,19)20)14(18)17-6-2-3-10-4-5-10/h7-8,10H,2-6H2,1H3,(H,17,18)(H2,16,19,20). The van der Waals surface area contributed by atoms with E-state index < -0.39 is 10.0 Å². The average Bonchev–Trinajstić information content (AvgIpc) is 3.20. The average molecular weight is 375 g/mol. The number of amides is 1. The zero-order valence-corrected chi connectivity index (χ0v) is 14.3. The summed E-state index contributed by atoms with van der Waals surface area (Å²) in [6, 6.07) is 2.96. The van der Waals surface area contributed by atoms with Crippen LogP contribution in [0.1, 0.15) is 41.6 Å². The number of hydrogen-bond acceptors (Lipinski definition) is 3. The van der Waals surface area contributed by atoms with Crippen LogP contribution in [0.2, 0.25) is 0 Å². The van der Waals surface area contributed by atoms with Gasteiger partial charge in [-0.25, -0.2) is 13.6 Å². The molecule has 0 saturated heterocycles. The van der Waals surface area contributed by atoms with Crippen LogP contribution >= 0.6 is 15.9 Å². The van der Waals surface area contributed by atoms with Crippen molar-refractivity contribution in [1.29, 1.82) is 0 Å². The summed E-state index contributed by atoms with van der Waals surface area (Å²) < 4.78 is 23.5. The summed E-state index contributed by atoms with van der Waals surface area (Å²) in [7, 11) is -3.87. The quantitative estimate of drug-likeness (QED) is 0.748. The number of rotatable bonds is 6. The third-order valence-electron chi connectivity index (χ3n) is 3.56. The summed E-state index contributed by atoms with van der Waals surface area (Å²) in [6.07, 6.45) is 4.70. The molecule has 0 unspecified atom stereocenters. The second-order valence-electron chi connectivity index (χ2n) is 5.49. The molecular formula is C14H19BrN2O3S. The van der Waals surface area contributed by atoms with E-state index in [1.54, 1.807) is 13.0 Å². The summed E-state index contributed by atoms with van der Waals surface area (Å²) in [6.45, 7) is 2.33. The smallest absolute Gasteiger partial charge is 0.251 e. The molecule has 2 rings (SSSR count). The van der Waals surface area contributed by atoms with Gasteiger partial charge in [-0.1, -0.05) is 12.8 Å². The highest BCUT2D eigenvalue weighted by molar-refractivity contribution is 9.10. The number of aryl methyl sites for hydroxylation is 1. The fraction of sp³-hybridized carbons (Fsp3) is 0.500. The molecule has 1 fully saturated rings. The van der Waals surface area contributed by atoms with E-state index >= 15 is 0 Å². The van der Waals surface area contributed by atoms with E-state index in [-0.39, 0.29) is 10.8 Å². The van der Waals surface area contributed by atoms with Crippen LogP contribution in [-0.4, -0.2) is 20.9 Å². The van der Waals surface area contributed by atoms with Crippen molar-refractivity contribution in [2.75, 3.05) is 6.54 Å². The highest BCUT2D eigenvalue weighted by Gasteiger charge is 2.21. The summed E-state index contributed by atoms with van der Waals surface area (Å²) in [5.41, 5.74) is 0.968. The van der Waals surface area contributed by atoms with Gasteiger partial charge >= 0.3 is 0 Å². The first-order valence-electron chi connectivity index (χ1n) is 6.90. The fourth-order valence-corrected chi connectivity index (χ4v) is 3.78. The maximum Gasteiger partial charge on any atom is 0.251 e. The molecule has 7 heteroatoms. The van der Waals surface area contributed by atoms with Gasteiger partial charge in [0.2, 0.25) is 10.0 Å². The number of nitrogens with two attached hydrogens (primary N) is 1. The summed E-state index contributed by atoms with van der Waals surface area (Å²) in [5, 5.41) is 7.99. The van der Waals surface area contributed by atoms with Crippen molar-refractivity contribution in [2.24, 2.45) is 11.1 Å². The van der Waals surface area contributed by atoms with E-state index in [9.17, 15) is 13.2 Å². The molecule has 3 N–H and O–H groups in total. The van der Waals surface area contributed by atoms with Gasteiger partial charge in [-0.15, -0.1) is 0 Å². The van der Waals surface area contributed by atoms with Crippen molar-refractivity contribution in [2.45, 2.75) is 37.5 Å². The predicted octanol–water partition coefficient (Wildman–Crippen LogP) is 2.32. The molecule has 1 aromatic carbocycles. The second-order valence-corrected chi connectivity index (χ2v) is 7.81. The Balaban J connectivity index is 2.07. The lowest BCUT2D eigenvalue weighted by Gasteiger charge is -2.10. The Labute approximate surface area is 133 Å². The number of carbonyl (C=O) groups is 1. The molecule has 1 saturated carbocycles. The van der Waals surface area contributed by atoms with Crippen LogP contribution in [-0.2, 0) is 10.0 Å². The zero-order valence-electron chi connectivity index (χ0n) is 11.9. The van der Waals surface area contributed by atoms with Crippen molar-refractivity contribution >= 4 is 31.9 Å². The third kappa shape index (κ3) is 4.52. The van der Waals surface area contributed by atoms with Gasteiger partial charge in [0.05, 0.1) is 4.90 Å². The first-order chi connectivity index (χ1) is 9.79. The lowest BCUT2D eigenvalue weighted by molar-refractivity contribution is 0.0952. The minimum atomic E-state index is -3.87. The van der Waals surface area contributed by atoms with Crippen molar-refractivity contribution in [1.82, 2.24) is 5.32 Å². The van der Waals surface area contributed by atoms with Gasteiger partial charge in [0.15, 0.2) is 0 Å². The molecular weight excluding hydrogens is 356 g/mol. The topological polar surface area (TPSA) is 89.3 Å². The van der Waals surface area contributed by atoms with E-state index in [1.165, 1.54) is 18.9 Å². The summed E-state index contributed by atoms with van der Waals surface area (Å²) in [4.78, 5) is 12.0. The van der Waals surface area contributed by atoms with E-state index in [0.29, 0.717) is 22.1 Å². The minimum Gasteiger partial charge on any atom is -0.352 e. The van der Waals surface area contributed by atoms with Gasteiger partial charge in [-0.2, -0.15) is 0 Å². The molecule has 1 aliphatic carbocycles. The van der Waals surface area contributed by atoms with Gasteiger partial charge in [0.25, 0.3) is 5.91 Å². The Morgan fingerprint density at radius 3 is 2.67 bits per heavy atom. The minimum absolute atomic E-state index is 0.0642. The van der Waals surface area contributed by atoms with E-state index in [0.717, 1.165) is 18.8 Å². The molecule has 0 aliphatic heterocycles. The van der Waals surface area contributed by atoms with Gasteiger partial charge < -0.3 is 5.32 Å². The fourth-order valence-electron chi connectivity index (χ4n) is 2.18. The number of primary sulfonamides is 1. The molecule has 0 radical (unpaired) electrons. The van der Waals surface area contributed by atoms with Gasteiger partial charge in [-0.05, 0) is 59.3 Å². The predicted molar refractivity (Wildman–Crippen MR) is 84.5 cm³/mol. The molecule has 0 spiro atoms. The Morgan fingerprint density at radius 2 is 2.10 bits per heavy atom. The molecule has 5 nitrogen and oxygen atoms in total. The van der Waals surface area contributed by atoms with Crippen LogP contribution in [0.15, 0.2) is 21.5 Å². The van der Waals surface area contributed by atoms with Gasteiger partial charge in [0, 0.05) is 16.6 Å². The Hall–Kier alpha value is -0.920. The second kappa shape index (κ2) is 6.46. The van der Waals surface area contributed by atoms with Crippen LogP contribution in [0.25, 0.3) is 0 Å². The molecule has 1 aromatic rings. The first kappa shape index (κ1) is 16.5. The molecule has 0 bridgehead atoms. The van der Waals surface area contributed by atoms with E-state index in [1.807, 2.05) is 0 Å². The molecule has 1 aliphatic rings. The maximum atomic E-state index is 12.1. The van der Waals surface area contributed by atoms with Crippen LogP contribution in [0.5, 0.6) is 0 Å². The monoisotopic (exact) mass is 374 g/mol. The number of nitrogens with one attached hydrogen (secondary N) is 1. The highest BCUT2D eigenvalue weighted by Crippen LogP contribution is 2.33. The first-order valence-corrected chi connectivity index (χ1v) is 9.24. The molecule has 116 valence electrons. The van der Waals surface area contributed by atoms with Crippen LogP contribution in [0.4, 0.5) is 0 Å². The lowest BCUT2D eigenvalue weighted by atomic mass is 10.1. The maximum absolute atomic E-state index is 12.1. The Bertz CT molecular complexity index is 654. The lowest BCUT2D eigenvalue weighted by Crippen LogP contribution is -2.25. The molecule has 21 heavy (non-hydrogen) atoms. The van der Waals surface area contributed by atoms with Crippen molar-refractivity contribution in [3.63, 3.8) is 0 Å². The summed E-state index contributed by atoms with van der Waals surface area (Å²) in [5.74, 6) is 0.567. The van der Waals surface area contributed by atoms with Gasteiger partial charge in [-0.3, -0.25) is 4.79 Å². The van der Waals surface area contributed by atoms with Crippen LogP contribution in [0.3, 0.4) is 0 Å². The molecule has 0 aromatic heterocycles. The van der Waals surface area contributed by atoms with Crippen molar-refractivity contribution < 1.29 is 13.2 Å². The van der Waals surface area contributed by atoms with Crippen molar-refractivity contribution in [3.8, 4) is 0 Å². The van der Waals surface area contributed by atoms with Crippen LogP contribution in [0, 0.1) is 12.8 Å².